The molecule has 0 fully saturated rings. The minimum Gasteiger partial charge on any atom is -0.326 e. The Morgan fingerprint density at radius 3 is 2.38 bits per heavy atom. The normalized spacial score (nSPS) is 12.2. The number of anilines is 1. The third-order valence-corrected chi connectivity index (χ3v) is 4.24. The molecular weight excluding hydrogens is 326 g/mol. The molecule has 1 atom stereocenters. The van der Waals surface area contributed by atoms with Crippen LogP contribution in [0.5, 0.6) is 0 Å². The van der Waals surface area contributed by atoms with Crippen molar-refractivity contribution in [2.45, 2.75) is 26.3 Å². The number of nitrogens with zero attached hydrogens (tertiary/aromatic N) is 2. The predicted octanol–water partition coefficient (Wildman–Crippen LogP) is 3.31. The topological polar surface area (TPSA) is 96.7 Å². The number of aromatic amines is 1. The predicted molar refractivity (Wildman–Crippen MR) is 102 cm³/mol. The standard InChI is InChI=1S/C20H23N5O/c1-13(2)18(14-6-4-3-5-7-14)20(26)22-16-10-8-15(9-11-16)19-23-17(12-21)24-25-19/h3-11,13,18H,12,21H2,1-2H3,(H,22,26)(H,23,24,25). The van der Waals surface area contributed by atoms with Crippen LogP contribution in [-0.2, 0) is 11.3 Å². The summed E-state index contributed by atoms with van der Waals surface area (Å²) >= 11 is 0. The Balaban J connectivity index is 1.74. The quantitative estimate of drug-likeness (QED) is 0.636. The summed E-state index contributed by atoms with van der Waals surface area (Å²) < 4.78 is 0. The van der Waals surface area contributed by atoms with Crippen LogP contribution in [0.1, 0.15) is 31.2 Å². The first-order valence-electron chi connectivity index (χ1n) is 8.66. The summed E-state index contributed by atoms with van der Waals surface area (Å²) in [7, 11) is 0. The van der Waals surface area contributed by atoms with E-state index in [0.29, 0.717) is 18.2 Å². The molecule has 0 aliphatic rings. The summed E-state index contributed by atoms with van der Waals surface area (Å²) in [6.07, 6.45) is 0. The number of nitrogens with two attached hydrogens (primary N) is 1. The molecule has 6 nitrogen and oxygen atoms in total. The first-order valence-corrected chi connectivity index (χ1v) is 8.66. The highest BCUT2D eigenvalue weighted by Gasteiger charge is 2.24. The number of amides is 1. The van der Waals surface area contributed by atoms with E-state index in [4.69, 9.17) is 5.73 Å². The molecule has 0 aliphatic carbocycles. The zero-order valence-corrected chi connectivity index (χ0v) is 14.9. The van der Waals surface area contributed by atoms with Crippen molar-refractivity contribution < 1.29 is 4.79 Å². The van der Waals surface area contributed by atoms with Gasteiger partial charge in [0.25, 0.3) is 0 Å². The molecule has 4 N–H and O–H groups in total. The molecular formula is C20H23N5O. The largest absolute Gasteiger partial charge is 0.326 e. The first-order chi connectivity index (χ1) is 12.6. The average molecular weight is 349 g/mol. The van der Waals surface area contributed by atoms with E-state index in [1.165, 1.54) is 0 Å². The lowest BCUT2D eigenvalue weighted by Gasteiger charge is -2.20. The number of hydrogen-bond acceptors (Lipinski definition) is 4. The second-order valence-electron chi connectivity index (χ2n) is 6.51. The summed E-state index contributed by atoms with van der Waals surface area (Å²) in [4.78, 5) is 17.1. The van der Waals surface area contributed by atoms with E-state index < -0.39 is 0 Å². The summed E-state index contributed by atoms with van der Waals surface area (Å²) in [6.45, 7) is 4.43. The second kappa shape index (κ2) is 7.93. The highest BCUT2D eigenvalue weighted by Crippen LogP contribution is 2.26. The number of nitrogens with one attached hydrogen (secondary N) is 2. The Labute approximate surface area is 152 Å². The van der Waals surface area contributed by atoms with Gasteiger partial charge in [0.1, 0.15) is 5.82 Å². The molecule has 0 saturated heterocycles. The van der Waals surface area contributed by atoms with Crippen LogP contribution in [0, 0.1) is 5.92 Å². The first kappa shape index (κ1) is 17.8. The Hall–Kier alpha value is -2.99. The van der Waals surface area contributed by atoms with Gasteiger partial charge in [0.2, 0.25) is 5.91 Å². The molecule has 3 rings (SSSR count). The van der Waals surface area contributed by atoms with Gasteiger partial charge < -0.3 is 11.1 Å². The minimum absolute atomic E-state index is 0.0118. The molecule has 1 heterocycles. The maximum Gasteiger partial charge on any atom is 0.232 e. The molecule has 1 amide bonds. The van der Waals surface area contributed by atoms with E-state index >= 15 is 0 Å². The van der Waals surface area contributed by atoms with Crippen molar-refractivity contribution >= 4 is 11.6 Å². The van der Waals surface area contributed by atoms with Crippen LogP contribution in [0.3, 0.4) is 0 Å². The molecule has 0 bridgehead atoms. The summed E-state index contributed by atoms with van der Waals surface area (Å²) in [6, 6.07) is 17.3. The van der Waals surface area contributed by atoms with Crippen molar-refractivity contribution in [2.75, 3.05) is 5.32 Å². The second-order valence-corrected chi connectivity index (χ2v) is 6.51. The van der Waals surface area contributed by atoms with Crippen molar-refractivity contribution in [3.8, 4) is 11.4 Å². The van der Waals surface area contributed by atoms with Crippen molar-refractivity contribution in [2.24, 2.45) is 11.7 Å². The molecule has 26 heavy (non-hydrogen) atoms. The van der Waals surface area contributed by atoms with E-state index in [-0.39, 0.29) is 17.7 Å². The Bertz CT molecular complexity index is 855. The molecule has 0 radical (unpaired) electrons. The van der Waals surface area contributed by atoms with E-state index in [2.05, 4.69) is 34.3 Å². The Kier molecular flexibility index (Phi) is 5.43. The van der Waals surface area contributed by atoms with Gasteiger partial charge in [0.15, 0.2) is 5.82 Å². The lowest BCUT2D eigenvalue weighted by molar-refractivity contribution is -0.118. The number of rotatable bonds is 6. The van der Waals surface area contributed by atoms with Crippen molar-refractivity contribution in [1.82, 2.24) is 15.2 Å². The molecule has 2 aromatic carbocycles. The van der Waals surface area contributed by atoms with Crippen molar-refractivity contribution in [3.63, 3.8) is 0 Å². The Morgan fingerprint density at radius 1 is 1.12 bits per heavy atom. The van der Waals surface area contributed by atoms with E-state index in [1.807, 2.05) is 54.6 Å². The van der Waals surface area contributed by atoms with Gasteiger partial charge >= 0.3 is 0 Å². The summed E-state index contributed by atoms with van der Waals surface area (Å²) in [5.74, 6) is 1.21. The third kappa shape index (κ3) is 3.97. The third-order valence-electron chi connectivity index (χ3n) is 4.24. The van der Waals surface area contributed by atoms with Gasteiger partial charge in [0.05, 0.1) is 12.5 Å². The smallest absolute Gasteiger partial charge is 0.232 e. The van der Waals surface area contributed by atoms with Gasteiger partial charge in [-0.1, -0.05) is 44.2 Å². The molecule has 3 aromatic rings. The lowest BCUT2D eigenvalue weighted by atomic mass is 9.87. The van der Waals surface area contributed by atoms with Crippen LogP contribution in [0.25, 0.3) is 11.4 Å². The maximum atomic E-state index is 12.8. The van der Waals surface area contributed by atoms with Gasteiger partial charge in [0, 0.05) is 11.3 Å². The maximum absolute atomic E-state index is 12.8. The van der Waals surface area contributed by atoms with Gasteiger partial charge in [-0.05, 0) is 35.7 Å². The average Bonchev–Trinajstić information content (AvgIpc) is 3.12. The number of H-pyrrole nitrogens is 1. The zero-order valence-electron chi connectivity index (χ0n) is 14.9. The van der Waals surface area contributed by atoms with Crippen molar-refractivity contribution in [3.05, 3.63) is 66.0 Å². The SMILES string of the molecule is CC(C)C(C(=O)Nc1ccc(-c2n[nH]c(CN)n2)cc1)c1ccccc1. The molecule has 0 aliphatic heterocycles. The zero-order chi connectivity index (χ0) is 18.5. The van der Waals surface area contributed by atoms with E-state index in [1.54, 1.807) is 0 Å². The summed E-state index contributed by atoms with van der Waals surface area (Å²) in [5, 5.41) is 9.94. The number of carbonyl (C=O) groups excluding carboxylic acids is 1. The molecule has 1 aromatic heterocycles. The van der Waals surface area contributed by atoms with Gasteiger partial charge in [-0.25, -0.2) is 4.98 Å². The number of benzene rings is 2. The van der Waals surface area contributed by atoms with Crippen LogP contribution in [0.4, 0.5) is 5.69 Å². The molecule has 0 saturated carbocycles. The summed E-state index contributed by atoms with van der Waals surface area (Å²) in [5.41, 5.74) is 8.17. The van der Waals surface area contributed by atoms with Gasteiger partial charge in [-0.15, -0.1) is 0 Å². The Morgan fingerprint density at radius 2 is 1.81 bits per heavy atom. The van der Waals surface area contributed by atoms with Crippen LogP contribution in [-0.4, -0.2) is 21.1 Å². The van der Waals surface area contributed by atoms with Gasteiger partial charge in [-0.2, -0.15) is 5.10 Å². The van der Waals surface area contributed by atoms with Crippen LogP contribution < -0.4 is 11.1 Å². The number of hydrogen-bond donors (Lipinski definition) is 3. The fourth-order valence-electron chi connectivity index (χ4n) is 2.94. The monoisotopic (exact) mass is 349 g/mol. The fourth-order valence-corrected chi connectivity index (χ4v) is 2.94. The molecule has 1 unspecified atom stereocenters. The van der Waals surface area contributed by atoms with E-state index in [0.717, 1.165) is 16.8 Å². The minimum atomic E-state index is -0.198. The van der Waals surface area contributed by atoms with Crippen LogP contribution in [0.2, 0.25) is 0 Å². The van der Waals surface area contributed by atoms with E-state index in [9.17, 15) is 4.79 Å². The number of aromatic nitrogens is 3. The lowest BCUT2D eigenvalue weighted by Crippen LogP contribution is -2.25. The highest BCUT2D eigenvalue weighted by atomic mass is 16.1. The highest BCUT2D eigenvalue weighted by molar-refractivity contribution is 5.96. The van der Waals surface area contributed by atoms with Crippen LogP contribution in [0.15, 0.2) is 54.6 Å². The molecule has 134 valence electrons. The fraction of sp³-hybridized carbons (Fsp3) is 0.250. The van der Waals surface area contributed by atoms with Gasteiger partial charge in [-0.3, -0.25) is 9.89 Å². The molecule has 0 spiro atoms. The molecule has 6 heteroatoms. The van der Waals surface area contributed by atoms with Crippen LogP contribution >= 0.6 is 0 Å². The van der Waals surface area contributed by atoms with Crippen molar-refractivity contribution in [1.29, 1.82) is 0 Å². The number of carbonyl (C=O) groups is 1.